The Kier molecular flexibility index (Phi) is 9.77. The molecule has 0 bridgehead atoms. The molecule has 4 rings (SSSR count). The number of halogens is 8. The SMILES string of the molecule is Cc1ccc(N[C@@]2(NS(=O)(=O)c3ccc(Cl)cc3)C(Cl)=C(Cl)C(=NS(=O)(=O)c3ccc(Cl)cc3)C(Cl)(Cl)C2(Cl)Cl)cc1. The zero-order chi connectivity index (χ0) is 31.3. The topological polar surface area (TPSA) is 105 Å². The summed E-state index contributed by atoms with van der Waals surface area (Å²) >= 11 is 52.2. The number of alkyl halides is 4. The van der Waals surface area contributed by atoms with Crippen molar-refractivity contribution in [2.75, 3.05) is 5.32 Å². The van der Waals surface area contributed by atoms with Crippen LogP contribution in [-0.2, 0) is 20.0 Å². The van der Waals surface area contributed by atoms with Gasteiger partial charge in [-0.25, -0.2) is 8.42 Å². The number of hydrogen-bond donors (Lipinski definition) is 2. The minimum atomic E-state index is -4.55. The third-order valence-electron chi connectivity index (χ3n) is 6.01. The van der Waals surface area contributed by atoms with E-state index in [1.165, 1.54) is 48.5 Å². The second kappa shape index (κ2) is 12.1. The van der Waals surface area contributed by atoms with Gasteiger partial charge in [-0.15, -0.1) is 0 Å². The third-order valence-corrected chi connectivity index (χ3v) is 12.7. The zero-order valence-corrected chi connectivity index (χ0v) is 28.5. The lowest BCUT2D eigenvalue weighted by molar-refractivity contribution is 0.442. The van der Waals surface area contributed by atoms with Gasteiger partial charge in [0.05, 0.1) is 19.9 Å². The molecule has 0 saturated carbocycles. The van der Waals surface area contributed by atoms with Crippen LogP contribution in [0.4, 0.5) is 5.69 Å². The van der Waals surface area contributed by atoms with Crippen LogP contribution >= 0.6 is 92.8 Å². The van der Waals surface area contributed by atoms with Gasteiger partial charge in [-0.2, -0.15) is 17.5 Å². The number of nitrogens with one attached hydrogen (secondary N) is 2. The van der Waals surface area contributed by atoms with Crippen LogP contribution < -0.4 is 10.0 Å². The van der Waals surface area contributed by atoms with Crippen LogP contribution in [0.1, 0.15) is 5.56 Å². The number of aryl methyl sites for hydroxylation is 1. The summed E-state index contributed by atoms with van der Waals surface area (Å²) in [5.74, 6) is 0. The van der Waals surface area contributed by atoms with Crippen molar-refractivity contribution in [3.05, 3.63) is 98.5 Å². The molecule has 1 atom stereocenters. The highest BCUT2D eigenvalue weighted by molar-refractivity contribution is 7.90. The predicted molar refractivity (Wildman–Crippen MR) is 173 cm³/mol. The molecule has 1 aliphatic carbocycles. The first-order valence-corrected chi connectivity index (χ1v) is 17.4. The van der Waals surface area contributed by atoms with Crippen molar-refractivity contribution in [1.82, 2.24) is 4.72 Å². The van der Waals surface area contributed by atoms with Gasteiger partial charge < -0.3 is 5.32 Å². The van der Waals surface area contributed by atoms with Gasteiger partial charge in [0, 0.05) is 15.7 Å². The molecule has 3 aromatic rings. The molecule has 0 spiro atoms. The van der Waals surface area contributed by atoms with Gasteiger partial charge in [0.25, 0.3) is 10.0 Å². The first-order valence-electron chi connectivity index (χ1n) is 11.4. The quantitative estimate of drug-likeness (QED) is 0.186. The highest BCUT2D eigenvalue weighted by Gasteiger charge is 2.71. The molecule has 0 amide bonds. The van der Waals surface area contributed by atoms with E-state index in [4.69, 9.17) is 92.8 Å². The fourth-order valence-electron chi connectivity index (χ4n) is 3.80. The third kappa shape index (κ3) is 6.26. The molecule has 1 aliphatic rings. The smallest absolute Gasteiger partial charge is 0.282 e. The van der Waals surface area contributed by atoms with Crippen molar-refractivity contribution in [2.24, 2.45) is 4.40 Å². The molecule has 0 fully saturated rings. The molecule has 0 heterocycles. The Hall–Kier alpha value is -0.950. The molecular weight excluding hydrogens is 754 g/mol. The van der Waals surface area contributed by atoms with E-state index in [-0.39, 0.29) is 25.5 Å². The van der Waals surface area contributed by atoms with Gasteiger partial charge in [-0.05, 0) is 67.6 Å². The maximum Gasteiger partial charge on any atom is 0.282 e. The molecule has 224 valence electrons. The standard InChI is InChI=1S/C25H17Cl8N3O4S2/c1-14-2-8-17(9-3-14)34-24(36-42(39,40)19-12-6-16(27)7-13-19)21(29)20(28)22(23(30,31)25(24,32)33)35-41(37,38)18-10-4-15(26)5-11-18/h2-13,34,36H,1H3/t24-/m1/s1. The van der Waals surface area contributed by atoms with Crippen molar-refractivity contribution in [3.8, 4) is 0 Å². The molecule has 17 heteroatoms. The summed E-state index contributed by atoms with van der Waals surface area (Å²) < 4.78 is 54.3. The van der Waals surface area contributed by atoms with Crippen LogP contribution in [0.3, 0.4) is 0 Å². The lowest BCUT2D eigenvalue weighted by Crippen LogP contribution is -2.73. The first kappa shape index (κ1) is 33.9. The van der Waals surface area contributed by atoms with Gasteiger partial charge in [-0.3, -0.25) is 0 Å². The van der Waals surface area contributed by atoms with E-state index in [0.717, 1.165) is 5.56 Å². The van der Waals surface area contributed by atoms with E-state index in [0.29, 0.717) is 0 Å². The summed E-state index contributed by atoms with van der Waals surface area (Å²) in [6.45, 7) is 1.83. The predicted octanol–water partition coefficient (Wildman–Crippen LogP) is 8.27. The van der Waals surface area contributed by atoms with E-state index < -0.39 is 50.2 Å². The molecule has 2 N–H and O–H groups in total. The van der Waals surface area contributed by atoms with Crippen LogP contribution in [0.2, 0.25) is 10.0 Å². The highest BCUT2D eigenvalue weighted by atomic mass is 35.5. The van der Waals surface area contributed by atoms with E-state index in [2.05, 4.69) is 14.4 Å². The minimum absolute atomic E-state index is 0.256. The Morgan fingerprint density at radius 1 is 0.690 bits per heavy atom. The Balaban J connectivity index is 1.99. The summed E-state index contributed by atoms with van der Waals surface area (Å²) in [6, 6.07) is 16.7. The van der Waals surface area contributed by atoms with Crippen LogP contribution in [0.15, 0.2) is 97.0 Å². The number of rotatable bonds is 7. The molecule has 3 aromatic carbocycles. The fourth-order valence-corrected chi connectivity index (χ4v) is 8.71. The number of allylic oxidation sites excluding steroid dienone is 1. The molecule has 0 radical (unpaired) electrons. The van der Waals surface area contributed by atoms with Gasteiger partial charge in [0.1, 0.15) is 5.71 Å². The van der Waals surface area contributed by atoms with Gasteiger partial charge >= 0.3 is 0 Å². The number of anilines is 1. The van der Waals surface area contributed by atoms with Crippen LogP contribution in [0.25, 0.3) is 0 Å². The van der Waals surface area contributed by atoms with Crippen LogP contribution in [0.5, 0.6) is 0 Å². The fraction of sp³-hybridized carbons (Fsp3) is 0.160. The minimum Gasteiger partial charge on any atom is -0.359 e. The molecule has 7 nitrogen and oxygen atoms in total. The van der Waals surface area contributed by atoms with E-state index in [9.17, 15) is 16.8 Å². The molecule has 0 aliphatic heterocycles. The summed E-state index contributed by atoms with van der Waals surface area (Å²) in [4.78, 5) is -0.557. The van der Waals surface area contributed by atoms with Gasteiger partial charge in [0.2, 0.25) is 10.0 Å². The van der Waals surface area contributed by atoms with Crippen molar-refractivity contribution in [2.45, 2.75) is 31.0 Å². The molecular formula is C25H17Cl8N3O4S2. The summed E-state index contributed by atoms with van der Waals surface area (Å²) in [6.07, 6.45) is 0. The lowest BCUT2D eigenvalue weighted by Gasteiger charge is -2.51. The summed E-state index contributed by atoms with van der Waals surface area (Å²) in [7, 11) is -9.09. The molecule has 42 heavy (non-hydrogen) atoms. The maximum absolute atomic E-state index is 13.7. The average Bonchev–Trinajstić information content (AvgIpc) is 2.91. The average molecular weight is 771 g/mol. The van der Waals surface area contributed by atoms with Crippen molar-refractivity contribution in [1.29, 1.82) is 0 Å². The van der Waals surface area contributed by atoms with E-state index >= 15 is 0 Å². The second-order valence-corrected chi connectivity index (χ2v) is 16.5. The van der Waals surface area contributed by atoms with Crippen molar-refractivity contribution < 1.29 is 16.8 Å². The largest absolute Gasteiger partial charge is 0.359 e. The molecule has 0 aromatic heterocycles. The van der Waals surface area contributed by atoms with Crippen LogP contribution in [0, 0.1) is 6.92 Å². The lowest BCUT2D eigenvalue weighted by atomic mass is 9.91. The normalized spacial score (nSPS) is 21.4. The number of nitrogens with zero attached hydrogens (tertiary/aromatic N) is 1. The maximum atomic E-state index is 13.7. The molecule has 0 saturated heterocycles. The Morgan fingerprint density at radius 2 is 1.17 bits per heavy atom. The van der Waals surface area contributed by atoms with E-state index in [1.807, 2.05) is 6.92 Å². The number of benzene rings is 3. The Labute approximate surface area is 282 Å². The highest BCUT2D eigenvalue weighted by Crippen LogP contribution is 2.59. The Bertz CT molecular complexity index is 1800. The first-order chi connectivity index (χ1) is 19.3. The number of sulfonamides is 2. The monoisotopic (exact) mass is 767 g/mol. The summed E-state index contributed by atoms with van der Waals surface area (Å²) in [5.41, 5.74) is -2.14. The second-order valence-electron chi connectivity index (χ2n) is 8.95. The Morgan fingerprint density at radius 3 is 1.67 bits per heavy atom. The van der Waals surface area contributed by atoms with E-state index in [1.54, 1.807) is 24.3 Å². The van der Waals surface area contributed by atoms with Crippen molar-refractivity contribution >= 4 is 124 Å². The van der Waals surface area contributed by atoms with Crippen molar-refractivity contribution in [3.63, 3.8) is 0 Å². The zero-order valence-electron chi connectivity index (χ0n) is 20.8. The van der Waals surface area contributed by atoms with Gasteiger partial charge in [0.15, 0.2) is 14.3 Å². The van der Waals surface area contributed by atoms with Gasteiger partial charge in [-0.1, -0.05) is 111 Å². The molecule has 0 unspecified atom stereocenters. The number of hydrogen-bond acceptors (Lipinski definition) is 5. The summed E-state index contributed by atoms with van der Waals surface area (Å²) in [5, 5.41) is 2.14. The van der Waals surface area contributed by atoms with Crippen LogP contribution in [-0.4, -0.2) is 36.9 Å².